The maximum absolute atomic E-state index is 12.2. The number of nitrogens with one attached hydrogen (secondary N) is 1. The van der Waals surface area contributed by atoms with Gasteiger partial charge < -0.3 is 25.2 Å². The number of hydrogen-bond acceptors (Lipinski definition) is 8. The zero-order valence-corrected chi connectivity index (χ0v) is 35.9. The van der Waals surface area contributed by atoms with Crippen LogP contribution in [0.3, 0.4) is 0 Å². The molecule has 11 nitrogen and oxygen atoms in total. The highest BCUT2D eigenvalue weighted by molar-refractivity contribution is 7.47. The second-order valence-electron chi connectivity index (χ2n) is 15.2. The molecule has 3 atom stereocenters. The summed E-state index contributed by atoms with van der Waals surface area (Å²) in [7, 11) is -4.75. The largest absolute Gasteiger partial charge is 0.480 e. The number of ether oxygens (including phenoxy) is 1. The Balaban J connectivity index is 3.80. The Bertz CT molecular complexity index is 995. The lowest BCUT2D eigenvalue weighted by Gasteiger charge is -2.18. The number of allylic oxidation sites excluding steroid dienone is 2. The molecule has 4 N–H and O–H groups in total. The Hall–Kier alpha value is -1.78. The van der Waals surface area contributed by atoms with Gasteiger partial charge in [0.2, 0.25) is 5.91 Å². The Labute approximate surface area is 335 Å². The van der Waals surface area contributed by atoms with E-state index < -0.39 is 57.6 Å². The van der Waals surface area contributed by atoms with Crippen LogP contribution >= 0.6 is 7.82 Å². The van der Waals surface area contributed by atoms with Crippen LogP contribution in [0.5, 0.6) is 0 Å². The number of aliphatic carboxylic acids is 1. The fourth-order valence-corrected chi connectivity index (χ4v) is 7.08. The van der Waals surface area contributed by atoms with Crippen molar-refractivity contribution in [1.82, 2.24) is 5.32 Å². The summed E-state index contributed by atoms with van der Waals surface area (Å²) < 4.78 is 26.8. The van der Waals surface area contributed by atoms with Crippen LogP contribution in [-0.2, 0) is 32.7 Å². The Morgan fingerprint density at radius 2 is 0.945 bits per heavy atom. The summed E-state index contributed by atoms with van der Waals surface area (Å²) in [6.07, 6.45) is 38.2. The maximum Gasteiger partial charge on any atom is 0.472 e. The predicted molar refractivity (Wildman–Crippen MR) is 222 cm³/mol. The van der Waals surface area contributed by atoms with Crippen molar-refractivity contribution in [3.8, 4) is 0 Å². The van der Waals surface area contributed by atoms with Gasteiger partial charge in [0.1, 0.15) is 12.7 Å². The number of aliphatic hydroxyl groups excluding tert-OH is 1. The molecule has 12 heteroatoms. The van der Waals surface area contributed by atoms with E-state index in [2.05, 4.69) is 31.3 Å². The minimum absolute atomic E-state index is 0.150. The van der Waals surface area contributed by atoms with Crippen LogP contribution in [0, 0.1) is 0 Å². The standard InChI is InChI=1S/C43H82NO10P/c1-3-5-7-9-11-13-15-16-17-18-19-20-21-22-23-24-25-27-29-31-33-35-42(47)52-36-39(45)37-53-55(50,51)54-38-40(43(48)49)44-41(46)34-32-30-28-26-14-12-10-8-6-4-2/h16-17,39-40,45H,3-15,18-38H2,1-2H3,(H,44,46)(H,48,49)(H,50,51)/b17-16+. The molecule has 0 aliphatic carbocycles. The van der Waals surface area contributed by atoms with E-state index in [1.165, 1.54) is 135 Å². The van der Waals surface area contributed by atoms with Crippen molar-refractivity contribution in [2.24, 2.45) is 0 Å². The van der Waals surface area contributed by atoms with Crippen molar-refractivity contribution >= 4 is 25.7 Å². The number of carboxylic acid groups (broad SMARTS) is 1. The third-order valence-corrected chi connectivity index (χ3v) is 10.8. The normalized spacial score (nSPS) is 13.8. The molecule has 55 heavy (non-hydrogen) atoms. The number of carbonyl (C=O) groups is 3. The molecule has 0 aliphatic rings. The van der Waals surface area contributed by atoms with Crippen molar-refractivity contribution in [1.29, 1.82) is 0 Å². The first-order chi connectivity index (χ1) is 26.6. The van der Waals surface area contributed by atoms with Crippen LogP contribution in [0.1, 0.15) is 213 Å². The quantitative estimate of drug-likeness (QED) is 0.0202. The zero-order chi connectivity index (χ0) is 40.7. The number of amides is 1. The number of phosphoric acid groups is 1. The van der Waals surface area contributed by atoms with Crippen molar-refractivity contribution in [3.63, 3.8) is 0 Å². The monoisotopic (exact) mass is 804 g/mol. The van der Waals surface area contributed by atoms with Crippen LogP contribution in [0.2, 0.25) is 0 Å². The Morgan fingerprint density at radius 1 is 0.564 bits per heavy atom. The van der Waals surface area contributed by atoms with E-state index in [0.29, 0.717) is 12.8 Å². The molecule has 0 heterocycles. The van der Waals surface area contributed by atoms with Gasteiger partial charge in [0.05, 0.1) is 13.2 Å². The number of phosphoric ester groups is 1. The van der Waals surface area contributed by atoms with Gasteiger partial charge >= 0.3 is 19.8 Å². The Morgan fingerprint density at radius 3 is 1.38 bits per heavy atom. The molecule has 0 saturated heterocycles. The molecule has 0 aliphatic heterocycles. The van der Waals surface area contributed by atoms with E-state index >= 15 is 0 Å². The summed E-state index contributed by atoms with van der Waals surface area (Å²) in [5, 5.41) is 21.8. The van der Waals surface area contributed by atoms with Gasteiger partial charge in [-0.15, -0.1) is 0 Å². The van der Waals surface area contributed by atoms with Crippen LogP contribution < -0.4 is 5.32 Å². The number of carbonyl (C=O) groups excluding carboxylic acids is 2. The van der Waals surface area contributed by atoms with Crippen molar-refractivity contribution in [2.45, 2.75) is 225 Å². The number of carboxylic acids is 1. The molecule has 0 bridgehead atoms. The number of hydrogen-bond donors (Lipinski definition) is 4. The molecule has 0 saturated carbocycles. The molecule has 0 fully saturated rings. The van der Waals surface area contributed by atoms with Crippen LogP contribution in [0.4, 0.5) is 0 Å². The molecule has 0 spiro atoms. The SMILES string of the molecule is CCCCCCCC/C=C/CCCCCCCCCCCCCC(=O)OCC(O)COP(=O)(O)OCC(NC(=O)CCCCCCCCCCCC)C(=O)O. The highest BCUT2D eigenvalue weighted by Crippen LogP contribution is 2.43. The van der Waals surface area contributed by atoms with Crippen LogP contribution in [0.15, 0.2) is 12.2 Å². The van der Waals surface area contributed by atoms with Crippen molar-refractivity contribution in [2.75, 3.05) is 19.8 Å². The minimum atomic E-state index is -4.75. The first kappa shape index (κ1) is 53.2. The molecule has 324 valence electrons. The highest BCUT2D eigenvalue weighted by atomic mass is 31.2. The fourth-order valence-electron chi connectivity index (χ4n) is 6.31. The highest BCUT2D eigenvalue weighted by Gasteiger charge is 2.28. The summed E-state index contributed by atoms with van der Waals surface area (Å²) in [6.45, 7) is 2.58. The van der Waals surface area contributed by atoms with Gasteiger partial charge in [-0.25, -0.2) is 9.36 Å². The van der Waals surface area contributed by atoms with E-state index in [-0.39, 0.29) is 12.8 Å². The third-order valence-electron chi connectivity index (χ3n) is 9.80. The molecule has 0 radical (unpaired) electrons. The van der Waals surface area contributed by atoms with Gasteiger partial charge in [0.15, 0.2) is 6.04 Å². The number of esters is 1. The fraction of sp³-hybridized carbons (Fsp3) is 0.884. The van der Waals surface area contributed by atoms with Gasteiger partial charge in [0.25, 0.3) is 0 Å². The van der Waals surface area contributed by atoms with E-state index in [9.17, 15) is 34.1 Å². The van der Waals surface area contributed by atoms with Crippen molar-refractivity contribution in [3.05, 3.63) is 12.2 Å². The first-order valence-electron chi connectivity index (χ1n) is 22.2. The minimum Gasteiger partial charge on any atom is -0.480 e. The summed E-state index contributed by atoms with van der Waals surface area (Å²) >= 11 is 0. The van der Waals surface area contributed by atoms with Gasteiger partial charge in [-0.3, -0.25) is 18.6 Å². The van der Waals surface area contributed by atoms with Gasteiger partial charge in [-0.2, -0.15) is 0 Å². The van der Waals surface area contributed by atoms with E-state index in [0.717, 1.165) is 38.5 Å². The molecule has 0 aromatic carbocycles. The molecule has 3 unspecified atom stereocenters. The van der Waals surface area contributed by atoms with Gasteiger partial charge in [-0.05, 0) is 38.5 Å². The van der Waals surface area contributed by atoms with E-state index in [1.807, 2.05) is 0 Å². The van der Waals surface area contributed by atoms with E-state index in [1.54, 1.807) is 0 Å². The number of rotatable bonds is 42. The van der Waals surface area contributed by atoms with E-state index in [4.69, 9.17) is 13.8 Å². The molecular formula is C43H82NO10P. The number of unbranched alkanes of at least 4 members (excludes halogenated alkanes) is 26. The second kappa shape index (κ2) is 39.1. The predicted octanol–water partition coefficient (Wildman–Crippen LogP) is 11.3. The lowest BCUT2D eigenvalue weighted by molar-refractivity contribution is -0.147. The topological polar surface area (TPSA) is 169 Å². The number of aliphatic hydroxyl groups is 1. The van der Waals surface area contributed by atoms with Gasteiger partial charge in [-0.1, -0.05) is 174 Å². The van der Waals surface area contributed by atoms with Crippen LogP contribution in [0.25, 0.3) is 0 Å². The van der Waals surface area contributed by atoms with Crippen LogP contribution in [-0.4, -0.2) is 64.9 Å². The summed E-state index contributed by atoms with van der Waals surface area (Å²) in [5.41, 5.74) is 0. The zero-order valence-electron chi connectivity index (χ0n) is 35.0. The third kappa shape index (κ3) is 38.9. The molecule has 1 amide bonds. The Kier molecular flexibility index (Phi) is 37.8. The van der Waals surface area contributed by atoms with Gasteiger partial charge in [0, 0.05) is 12.8 Å². The maximum atomic E-state index is 12.2. The summed E-state index contributed by atoms with van der Waals surface area (Å²) in [5.74, 6) is -2.36. The lowest BCUT2D eigenvalue weighted by atomic mass is 10.0. The smallest absolute Gasteiger partial charge is 0.472 e. The molecule has 0 rings (SSSR count). The summed E-state index contributed by atoms with van der Waals surface area (Å²) in [4.78, 5) is 45.8. The molecule has 0 aromatic rings. The summed E-state index contributed by atoms with van der Waals surface area (Å²) in [6, 6.07) is -1.54. The molecular weight excluding hydrogens is 721 g/mol. The first-order valence-corrected chi connectivity index (χ1v) is 23.7. The second-order valence-corrected chi connectivity index (χ2v) is 16.7. The average Bonchev–Trinajstić information content (AvgIpc) is 3.16. The molecule has 0 aromatic heterocycles. The van der Waals surface area contributed by atoms with Crippen molar-refractivity contribution < 1.29 is 47.8 Å². The lowest BCUT2D eigenvalue weighted by Crippen LogP contribution is -2.43. The average molecular weight is 804 g/mol.